The Hall–Kier alpha value is -3.02. The molecule has 9 nitrogen and oxygen atoms in total. The number of carbonyl (C=O) groups excluding carboxylic acids is 1. The third-order valence-corrected chi connectivity index (χ3v) is 6.87. The van der Waals surface area contributed by atoms with E-state index in [1.165, 1.54) is 14.2 Å². The van der Waals surface area contributed by atoms with Gasteiger partial charge in [-0.25, -0.2) is 13.1 Å². The van der Waals surface area contributed by atoms with Crippen molar-refractivity contribution in [2.45, 2.75) is 17.3 Å². The van der Waals surface area contributed by atoms with Crippen molar-refractivity contribution in [3.05, 3.63) is 59.7 Å². The summed E-state index contributed by atoms with van der Waals surface area (Å²) in [7, 11) is -0.965. The Morgan fingerprint density at radius 2 is 1.80 bits per heavy atom. The molecule has 1 aromatic heterocycles. The van der Waals surface area contributed by atoms with Crippen molar-refractivity contribution in [1.29, 1.82) is 0 Å². The van der Waals surface area contributed by atoms with Gasteiger partial charge in [0.05, 0.1) is 14.2 Å². The van der Waals surface area contributed by atoms with Crippen LogP contribution in [-0.2, 0) is 10.0 Å². The Labute approximate surface area is 178 Å². The number of rotatable bonds is 8. The van der Waals surface area contributed by atoms with Gasteiger partial charge < -0.3 is 9.47 Å². The molecule has 2 aromatic carbocycles. The first-order valence-corrected chi connectivity index (χ1v) is 11.1. The highest BCUT2D eigenvalue weighted by Crippen LogP contribution is 2.30. The predicted octanol–water partition coefficient (Wildman–Crippen LogP) is 2.85. The molecule has 158 valence electrons. The molecular weight excluding hydrogens is 428 g/mol. The number of nitrogens with zero attached hydrogens (tertiary/aromatic N) is 2. The monoisotopic (exact) mass is 448 g/mol. The zero-order chi connectivity index (χ0) is 21.7. The molecule has 0 saturated carbocycles. The predicted molar refractivity (Wildman–Crippen MR) is 113 cm³/mol. The van der Waals surface area contributed by atoms with E-state index in [0.29, 0.717) is 22.6 Å². The molecule has 11 heteroatoms. The highest BCUT2D eigenvalue weighted by molar-refractivity contribution is 7.91. The van der Waals surface area contributed by atoms with Crippen molar-refractivity contribution < 1.29 is 22.7 Å². The molecule has 1 unspecified atom stereocenters. The average molecular weight is 449 g/mol. The third-order valence-electron chi connectivity index (χ3n) is 4.13. The fraction of sp³-hybridized carbons (Fsp3) is 0.211. The van der Waals surface area contributed by atoms with Gasteiger partial charge in [0, 0.05) is 17.2 Å². The molecule has 3 aromatic rings. The molecule has 30 heavy (non-hydrogen) atoms. The lowest BCUT2D eigenvalue weighted by atomic mass is 10.1. The summed E-state index contributed by atoms with van der Waals surface area (Å²) < 4.78 is 38.3. The summed E-state index contributed by atoms with van der Waals surface area (Å²) in [6, 6.07) is 13.0. The van der Waals surface area contributed by atoms with Crippen molar-refractivity contribution in [3.63, 3.8) is 0 Å². The largest absolute Gasteiger partial charge is 0.497 e. The molecular formula is C19H20N4O5S2. The molecule has 0 aliphatic heterocycles. The van der Waals surface area contributed by atoms with E-state index in [0.717, 1.165) is 11.3 Å². The number of sulfonamides is 1. The van der Waals surface area contributed by atoms with E-state index in [1.54, 1.807) is 55.5 Å². The number of carbonyl (C=O) groups is 1. The van der Waals surface area contributed by atoms with Crippen LogP contribution in [0, 0.1) is 0 Å². The van der Waals surface area contributed by atoms with Crippen molar-refractivity contribution in [1.82, 2.24) is 14.9 Å². The van der Waals surface area contributed by atoms with Gasteiger partial charge in [-0.15, -0.1) is 10.2 Å². The maximum atomic E-state index is 12.8. The van der Waals surface area contributed by atoms with Crippen LogP contribution < -0.4 is 19.5 Å². The maximum Gasteiger partial charge on any atom is 0.270 e. The van der Waals surface area contributed by atoms with Crippen LogP contribution in [-0.4, -0.2) is 38.7 Å². The lowest BCUT2D eigenvalue weighted by Gasteiger charge is -2.17. The second kappa shape index (κ2) is 9.20. The minimum Gasteiger partial charge on any atom is -0.497 e. The molecule has 1 atom stereocenters. The number of nitrogens with one attached hydrogen (secondary N) is 2. The summed E-state index contributed by atoms with van der Waals surface area (Å²) in [5.41, 5.74) is 1.02. The summed E-state index contributed by atoms with van der Waals surface area (Å²) in [4.78, 5) is 12.2. The van der Waals surface area contributed by atoms with Gasteiger partial charge in [0.2, 0.25) is 9.47 Å². The summed E-state index contributed by atoms with van der Waals surface area (Å²) in [6.07, 6.45) is 0. The quantitative estimate of drug-likeness (QED) is 0.509. The van der Waals surface area contributed by atoms with Gasteiger partial charge in [-0.05, 0) is 37.3 Å². The SMILES string of the molecule is COc1ccc(OC)c(C(C)NS(=O)(=O)c2nnc(NC(=O)c3ccccc3)s2)c1. The minimum absolute atomic E-state index is 0.0795. The Balaban J connectivity index is 1.76. The molecule has 0 saturated heterocycles. The zero-order valence-electron chi connectivity index (χ0n) is 16.4. The number of hydrogen-bond donors (Lipinski definition) is 2. The van der Waals surface area contributed by atoms with E-state index in [1.807, 2.05) is 0 Å². The molecule has 0 fully saturated rings. The van der Waals surface area contributed by atoms with E-state index in [9.17, 15) is 13.2 Å². The first-order valence-electron chi connectivity index (χ1n) is 8.78. The average Bonchev–Trinajstić information content (AvgIpc) is 3.23. The van der Waals surface area contributed by atoms with Crippen molar-refractivity contribution in [3.8, 4) is 11.5 Å². The van der Waals surface area contributed by atoms with Crippen LogP contribution in [0.15, 0.2) is 52.9 Å². The Morgan fingerprint density at radius 1 is 1.07 bits per heavy atom. The highest BCUT2D eigenvalue weighted by atomic mass is 32.2. The second-order valence-electron chi connectivity index (χ2n) is 6.14. The first-order chi connectivity index (χ1) is 14.3. The fourth-order valence-corrected chi connectivity index (χ4v) is 4.79. The van der Waals surface area contributed by atoms with Gasteiger partial charge in [0.25, 0.3) is 15.9 Å². The normalized spacial score (nSPS) is 12.2. The molecule has 0 aliphatic rings. The number of benzene rings is 2. The van der Waals surface area contributed by atoms with E-state index >= 15 is 0 Å². The van der Waals surface area contributed by atoms with Gasteiger partial charge in [0.1, 0.15) is 11.5 Å². The molecule has 2 N–H and O–H groups in total. The Kier molecular flexibility index (Phi) is 6.65. The molecule has 0 aliphatic carbocycles. The van der Waals surface area contributed by atoms with Gasteiger partial charge in [-0.2, -0.15) is 0 Å². The third kappa shape index (κ3) is 4.93. The number of ether oxygens (including phenoxy) is 2. The number of aromatic nitrogens is 2. The summed E-state index contributed by atoms with van der Waals surface area (Å²) in [6.45, 7) is 1.67. The van der Waals surface area contributed by atoms with Gasteiger partial charge in [0.15, 0.2) is 0 Å². The van der Waals surface area contributed by atoms with E-state index in [-0.39, 0.29) is 9.47 Å². The first kappa shape index (κ1) is 21.7. The van der Waals surface area contributed by atoms with Crippen LogP contribution >= 0.6 is 11.3 Å². The molecule has 0 radical (unpaired) electrons. The second-order valence-corrected chi connectivity index (χ2v) is 9.01. The van der Waals surface area contributed by atoms with Crippen molar-refractivity contribution >= 4 is 32.4 Å². The van der Waals surface area contributed by atoms with Crippen molar-refractivity contribution in [2.75, 3.05) is 19.5 Å². The van der Waals surface area contributed by atoms with E-state index in [2.05, 4.69) is 20.2 Å². The zero-order valence-corrected chi connectivity index (χ0v) is 18.1. The maximum absolute atomic E-state index is 12.8. The lowest BCUT2D eigenvalue weighted by Crippen LogP contribution is -2.27. The Bertz CT molecular complexity index is 1130. The van der Waals surface area contributed by atoms with Crippen LogP contribution in [0.1, 0.15) is 28.9 Å². The minimum atomic E-state index is -3.98. The van der Waals surface area contributed by atoms with Crippen LogP contribution in [0.3, 0.4) is 0 Å². The van der Waals surface area contributed by atoms with Crippen molar-refractivity contribution in [2.24, 2.45) is 0 Å². The summed E-state index contributed by atoms with van der Waals surface area (Å²) in [5.74, 6) is 0.677. The number of anilines is 1. The van der Waals surface area contributed by atoms with Crippen LogP contribution in [0.5, 0.6) is 11.5 Å². The van der Waals surface area contributed by atoms with E-state index < -0.39 is 22.0 Å². The topological polar surface area (TPSA) is 120 Å². The van der Waals surface area contributed by atoms with Crippen LogP contribution in [0.4, 0.5) is 5.13 Å². The molecule has 1 amide bonds. The van der Waals surface area contributed by atoms with Crippen LogP contribution in [0.2, 0.25) is 0 Å². The van der Waals surface area contributed by atoms with Gasteiger partial charge >= 0.3 is 0 Å². The fourth-order valence-electron chi connectivity index (χ4n) is 2.65. The summed E-state index contributed by atoms with van der Waals surface area (Å²) in [5, 5.41) is 10.1. The number of amides is 1. The Morgan fingerprint density at radius 3 is 2.47 bits per heavy atom. The highest BCUT2D eigenvalue weighted by Gasteiger charge is 2.25. The van der Waals surface area contributed by atoms with Crippen LogP contribution in [0.25, 0.3) is 0 Å². The number of methoxy groups -OCH3 is 2. The smallest absolute Gasteiger partial charge is 0.270 e. The van der Waals surface area contributed by atoms with E-state index in [4.69, 9.17) is 9.47 Å². The molecule has 0 bridgehead atoms. The molecule has 1 heterocycles. The molecule has 3 rings (SSSR count). The number of hydrogen-bond acceptors (Lipinski definition) is 8. The standard InChI is InChI=1S/C19H20N4O5S2/c1-12(15-11-14(27-2)9-10-16(15)28-3)23-30(25,26)19-22-21-18(29-19)20-17(24)13-7-5-4-6-8-13/h4-12,23H,1-3H3,(H,20,21,24). The summed E-state index contributed by atoms with van der Waals surface area (Å²) >= 11 is 0.757. The molecule has 0 spiro atoms. The van der Waals surface area contributed by atoms with Gasteiger partial charge in [-0.3, -0.25) is 10.1 Å². The lowest BCUT2D eigenvalue weighted by molar-refractivity contribution is 0.102. The van der Waals surface area contributed by atoms with Gasteiger partial charge in [-0.1, -0.05) is 29.5 Å².